The van der Waals surface area contributed by atoms with E-state index in [4.69, 9.17) is 11.6 Å². The second-order valence-corrected chi connectivity index (χ2v) is 7.33. The number of benzene rings is 2. The third kappa shape index (κ3) is 3.13. The second kappa shape index (κ2) is 6.87. The van der Waals surface area contributed by atoms with Crippen molar-refractivity contribution in [1.82, 2.24) is 5.32 Å². The molecule has 25 heavy (non-hydrogen) atoms. The maximum Gasteiger partial charge on any atom is 0.128 e. The molecule has 5 heteroatoms. The van der Waals surface area contributed by atoms with Gasteiger partial charge in [-0.05, 0) is 59.0 Å². The fourth-order valence-corrected chi connectivity index (χ4v) is 4.47. The molecule has 0 saturated heterocycles. The first-order valence-corrected chi connectivity index (χ1v) is 9.48. The van der Waals surface area contributed by atoms with Gasteiger partial charge in [-0.25, -0.2) is 0 Å². The standard InChI is InChI=1S/C20H16ClN3S/c21-18-3-1-2-17(20-23-7-8-24-20)16(18)5-4-14-10-13(12-22)11-15-6-9-25-19(14)15/h1-3,6,9-11H,4-5,7-8H2,(H,23,24). The fourth-order valence-electron chi connectivity index (χ4n) is 3.28. The minimum absolute atomic E-state index is 0.710. The normalized spacial score (nSPS) is 13.5. The Labute approximate surface area is 155 Å². The van der Waals surface area contributed by atoms with Crippen molar-refractivity contribution in [1.29, 1.82) is 5.26 Å². The van der Waals surface area contributed by atoms with Crippen molar-refractivity contribution in [3.05, 3.63) is 69.1 Å². The van der Waals surface area contributed by atoms with E-state index in [9.17, 15) is 5.26 Å². The van der Waals surface area contributed by atoms with E-state index >= 15 is 0 Å². The number of aryl methyl sites for hydroxylation is 1. The molecule has 2 aromatic carbocycles. The van der Waals surface area contributed by atoms with Gasteiger partial charge in [0.2, 0.25) is 0 Å². The summed E-state index contributed by atoms with van der Waals surface area (Å²) in [5.41, 5.74) is 4.12. The number of halogens is 1. The van der Waals surface area contributed by atoms with Crippen LogP contribution in [0.5, 0.6) is 0 Å². The van der Waals surface area contributed by atoms with Crippen LogP contribution in [-0.4, -0.2) is 18.9 Å². The Bertz CT molecular complexity index is 1010. The van der Waals surface area contributed by atoms with Crippen LogP contribution in [0.4, 0.5) is 0 Å². The monoisotopic (exact) mass is 365 g/mol. The number of nitrogens with zero attached hydrogens (tertiary/aromatic N) is 2. The van der Waals surface area contributed by atoms with Gasteiger partial charge in [-0.2, -0.15) is 5.26 Å². The lowest BCUT2D eigenvalue weighted by molar-refractivity contribution is 0.950. The molecule has 1 aliphatic heterocycles. The molecule has 0 bridgehead atoms. The van der Waals surface area contributed by atoms with Gasteiger partial charge in [0, 0.05) is 21.8 Å². The van der Waals surface area contributed by atoms with Crippen LogP contribution in [0.15, 0.2) is 46.8 Å². The minimum atomic E-state index is 0.710. The molecule has 0 unspecified atom stereocenters. The molecule has 1 aromatic heterocycles. The predicted molar refractivity (Wildman–Crippen MR) is 105 cm³/mol. The number of nitrogens with one attached hydrogen (secondary N) is 1. The SMILES string of the molecule is N#Cc1cc(CCc2c(Cl)cccc2C2=NCCN2)c2sccc2c1. The van der Waals surface area contributed by atoms with Gasteiger partial charge >= 0.3 is 0 Å². The van der Waals surface area contributed by atoms with Crippen molar-refractivity contribution in [2.75, 3.05) is 13.1 Å². The topological polar surface area (TPSA) is 48.2 Å². The summed E-state index contributed by atoms with van der Waals surface area (Å²) in [4.78, 5) is 4.54. The lowest BCUT2D eigenvalue weighted by atomic mass is 9.97. The zero-order chi connectivity index (χ0) is 17.2. The van der Waals surface area contributed by atoms with Gasteiger partial charge in [-0.15, -0.1) is 11.3 Å². The highest BCUT2D eigenvalue weighted by Gasteiger charge is 2.15. The molecule has 0 saturated carbocycles. The summed E-state index contributed by atoms with van der Waals surface area (Å²) in [5, 5.41) is 16.6. The number of nitriles is 1. The molecule has 1 N–H and O–H groups in total. The van der Waals surface area contributed by atoms with E-state index in [1.54, 1.807) is 11.3 Å². The Kier molecular flexibility index (Phi) is 4.44. The number of hydrogen-bond acceptors (Lipinski definition) is 4. The third-order valence-corrected chi connectivity index (χ3v) is 5.81. The van der Waals surface area contributed by atoms with Crippen LogP contribution in [0.3, 0.4) is 0 Å². The van der Waals surface area contributed by atoms with Crippen LogP contribution < -0.4 is 5.32 Å². The smallest absolute Gasteiger partial charge is 0.128 e. The molecule has 2 heterocycles. The first kappa shape index (κ1) is 16.1. The van der Waals surface area contributed by atoms with E-state index in [-0.39, 0.29) is 0 Å². The Morgan fingerprint density at radius 2 is 2.16 bits per heavy atom. The van der Waals surface area contributed by atoms with Crippen LogP contribution in [0.25, 0.3) is 10.1 Å². The maximum absolute atomic E-state index is 9.28. The molecule has 1 aliphatic rings. The number of hydrogen-bond donors (Lipinski definition) is 1. The molecular weight excluding hydrogens is 350 g/mol. The van der Waals surface area contributed by atoms with Gasteiger partial charge in [-0.3, -0.25) is 4.99 Å². The van der Waals surface area contributed by atoms with Crippen molar-refractivity contribution in [3.63, 3.8) is 0 Å². The Morgan fingerprint density at radius 3 is 2.96 bits per heavy atom. The second-order valence-electron chi connectivity index (χ2n) is 6.01. The number of fused-ring (bicyclic) bond motifs is 1. The van der Waals surface area contributed by atoms with Gasteiger partial charge in [0.05, 0.1) is 18.2 Å². The van der Waals surface area contributed by atoms with Crippen molar-refractivity contribution in [3.8, 4) is 6.07 Å². The highest BCUT2D eigenvalue weighted by molar-refractivity contribution is 7.17. The molecule has 0 fully saturated rings. The quantitative estimate of drug-likeness (QED) is 0.736. The predicted octanol–water partition coefficient (Wildman–Crippen LogP) is 4.56. The first-order chi connectivity index (χ1) is 12.3. The Hall–Kier alpha value is -2.35. The lowest BCUT2D eigenvalue weighted by Gasteiger charge is -2.12. The largest absolute Gasteiger partial charge is 0.368 e. The van der Waals surface area contributed by atoms with Crippen LogP contribution in [-0.2, 0) is 12.8 Å². The molecular formula is C20H16ClN3S. The van der Waals surface area contributed by atoms with E-state index in [2.05, 4.69) is 33.9 Å². The number of aliphatic imine (C=N–C) groups is 1. The molecule has 0 amide bonds. The zero-order valence-electron chi connectivity index (χ0n) is 13.6. The van der Waals surface area contributed by atoms with Crippen molar-refractivity contribution >= 4 is 38.9 Å². The van der Waals surface area contributed by atoms with E-state index in [0.717, 1.165) is 53.3 Å². The summed E-state index contributed by atoms with van der Waals surface area (Å²) < 4.78 is 1.25. The molecule has 3 aromatic rings. The molecule has 4 rings (SSSR count). The summed E-state index contributed by atoms with van der Waals surface area (Å²) in [6, 6.07) is 14.3. The average Bonchev–Trinajstić information content (AvgIpc) is 3.31. The number of amidine groups is 1. The molecule has 0 aliphatic carbocycles. The molecule has 0 radical (unpaired) electrons. The fraction of sp³-hybridized carbons (Fsp3) is 0.200. The van der Waals surface area contributed by atoms with E-state index < -0.39 is 0 Å². The zero-order valence-corrected chi connectivity index (χ0v) is 15.1. The highest BCUT2D eigenvalue weighted by atomic mass is 35.5. The van der Waals surface area contributed by atoms with Gasteiger partial charge in [-0.1, -0.05) is 23.7 Å². The van der Waals surface area contributed by atoms with Gasteiger partial charge < -0.3 is 5.32 Å². The van der Waals surface area contributed by atoms with Gasteiger partial charge in [0.25, 0.3) is 0 Å². The summed E-state index contributed by atoms with van der Waals surface area (Å²) in [6.45, 7) is 1.68. The first-order valence-electron chi connectivity index (χ1n) is 8.22. The van der Waals surface area contributed by atoms with Crippen LogP contribution in [0.1, 0.15) is 22.3 Å². The van der Waals surface area contributed by atoms with E-state index in [0.29, 0.717) is 5.56 Å². The highest BCUT2D eigenvalue weighted by Crippen LogP contribution is 2.29. The van der Waals surface area contributed by atoms with Gasteiger partial charge in [0.1, 0.15) is 5.84 Å². The molecule has 0 spiro atoms. The van der Waals surface area contributed by atoms with Crippen LogP contribution in [0, 0.1) is 11.3 Å². The lowest BCUT2D eigenvalue weighted by Crippen LogP contribution is -2.21. The van der Waals surface area contributed by atoms with Crippen molar-refractivity contribution < 1.29 is 0 Å². The summed E-state index contributed by atoms with van der Waals surface area (Å²) in [5.74, 6) is 0.935. The summed E-state index contributed by atoms with van der Waals surface area (Å²) in [7, 11) is 0. The van der Waals surface area contributed by atoms with Crippen molar-refractivity contribution in [2.45, 2.75) is 12.8 Å². The maximum atomic E-state index is 9.28. The van der Waals surface area contributed by atoms with Crippen LogP contribution in [0.2, 0.25) is 5.02 Å². The Balaban J connectivity index is 1.69. The minimum Gasteiger partial charge on any atom is -0.368 e. The van der Waals surface area contributed by atoms with Crippen LogP contribution >= 0.6 is 22.9 Å². The van der Waals surface area contributed by atoms with E-state index in [1.807, 2.05) is 24.3 Å². The van der Waals surface area contributed by atoms with Gasteiger partial charge in [0.15, 0.2) is 0 Å². The van der Waals surface area contributed by atoms with E-state index in [1.165, 1.54) is 10.3 Å². The summed E-state index contributed by atoms with van der Waals surface area (Å²) >= 11 is 8.22. The third-order valence-electron chi connectivity index (χ3n) is 4.45. The van der Waals surface area contributed by atoms with Crippen molar-refractivity contribution in [2.24, 2.45) is 4.99 Å². The number of rotatable bonds is 4. The number of thiophene rings is 1. The Morgan fingerprint density at radius 1 is 1.24 bits per heavy atom. The molecule has 0 atom stereocenters. The molecule has 3 nitrogen and oxygen atoms in total. The average molecular weight is 366 g/mol. The summed E-state index contributed by atoms with van der Waals surface area (Å²) in [6.07, 6.45) is 1.66. The molecule has 124 valence electrons.